The molecule has 0 aromatic heterocycles. The molecule has 2 aromatic rings. The molecular weight excluding hydrogens is 488 g/mol. The zero-order valence-electron chi connectivity index (χ0n) is 21.7. The minimum Gasteiger partial charge on any atom is -0.389 e. The van der Waals surface area contributed by atoms with Crippen LogP contribution >= 0.6 is 0 Å². The summed E-state index contributed by atoms with van der Waals surface area (Å²) in [5.41, 5.74) is 1.71. The second kappa shape index (κ2) is 11.5. The Bertz CT molecular complexity index is 1140. The molecule has 3 aliphatic rings. The van der Waals surface area contributed by atoms with Gasteiger partial charge in [0.15, 0.2) is 0 Å². The molecule has 2 aromatic carbocycles. The number of carbonyl (C=O) groups excluding carboxylic acids is 1. The lowest BCUT2D eigenvalue weighted by molar-refractivity contribution is -0.140. The number of aliphatic hydroxyl groups is 2. The number of nitrogens with zero attached hydrogens (tertiary/aromatic N) is 2. The second-order valence-corrected chi connectivity index (χ2v) is 11.0. The molecule has 8 heteroatoms. The highest BCUT2D eigenvalue weighted by Crippen LogP contribution is 2.41. The Morgan fingerprint density at radius 1 is 1.05 bits per heavy atom. The Kier molecular flexibility index (Phi) is 8.12. The topological polar surface area (TPSA) is 76.0 Å². The van der Waals surface area contributed by atoms with E-state index in [2.05, 4.69) is 34.5 Å². The van der Waals surface area contributed by atoms with Gasteiger partial charge >= 0.3 is 0 Å². The number of carbonyl (C=O) groups is 1. The SMILES string of the molecule is O=C(/C=C/c1cc(F)cc(F)c1)N1CCC(O)(C(O)CN2CCC(C3CCNc4ccccc43)CC2)CC1. The number of fused-ring (bicyclic) bond motifs is 1. The smallest absolute Gasteiger partial charge is 0.246 e. The molecule has 2 unspecified atom stereocenters. The molecule has 0 radical (unpaired) electrons. The van der Waals surface area contributed by atoms with Crippen LogP contribution in [0.5, 0.6) is 0 Å². The predicted octanol–water partition coefficient (Wildman–Crippen LogP) is 4.00. The standard InChI is InChI=1S/C30H37F2N3O3/c31-23-17-21(18-24(32)19-23)5-6-29(37)35-15-10-30(38,11-16-35)28(36)20-34-13-8-22(9-14-34)25-7-12-33-27-4-2-1-3-26(25)27/h1-6,17-19,22,25,28,33,36,38H,7-16,20H2/b6-5+. The number of rotatable bonds is 6. The summed E-state index contributed by atoms with van der Waals surface area (Å²) in [7, 11) is 0. The average molecular weight is 526 g/mol. The van der Waals surface area contributed by atoms with Crippen LogP contribution in [0.2, 0.25) is 0 Å². The van der Waals surface area contributed by atoms with Crippen LogP contribution in [0.25, 0.3) is 6.08 Å². The fourth-order valence-corrected chi connectivity index (χ4v) is 6.33. The van der Waals surface area contributed by atoms with E-state index < -0.39 is 23.3 Å². The van der Waals surface area contributed by atoms with Gasteiger partial charge in [-0.15, -0.1) is 0 Å². The van der Waals surface area contributed by atoms with Crippen LogP contribution < -0.4 is 5.32 Å². The number of halogens is 2. The Hall–Kier alpha value is -2.81. The first-order valence-electron chi connectivity index (χ1n) is 13.7. The number of benzene rings is 2. The number of aliphatic hydroxyl groups excluding tert-OH is 1. The lowest BCUT2D eigenvalue weighted by atomic mass is 9.76. The summed E-state index contributed by atoms with van der Waals surface area (Å²) in [5.74, 6) is -0.488. The summed E-state index contributed by atoms with van der Waals surface area (Å²) in [5, 5.41) is 25.7. The third-order valence-corrected chi connectivity index (χ3v) is 8.63. The van der Waals surface area contributed by atoms with Gasteiger partial charge in [0.2, 0.25) is 5.91 Å². The summed E-state index contributed by atoms with van der Waals surface area (Å²) >= 11 is 0. The average Bonchev–Trinajstić information content (AvgIpc) is 2.92. The van der Waals surface area contributed by atoms with E-state index in [4.69, 9.17) is 0 Å². The molecule has 3 heterocycles. The number of likely N-dealkylation sites (tertiary alicyclic amines) is 2. The van der Waals surface area contributed by atoms with Crippen molar-refractivity contribution >= 4 is 17.7 Å². The summed E-state index contributed by atoms with van der Waals surface area (Å²) in [6.07, 6.45) is 5.66. The largest absolute Gasteiger partial charge is 0.389 e. The Labute approximate surface area is 223 Å². The highest BCUT2D eigenvalue weighted by atomic mass is 19.1. The molecule has 3 aliphatic heterocycles. The van der Waals surface area contributed by atoms with E-state index in [1.165, 1.54) is 23.4 Å². The van der Waals surface area contributed by atoms with E-state index >= 15 is 0 Å². The van der Waals surface area contributed by atoms with Crippen molar-refractivity contribution in [2.24, 2.45) is 5.92 Å². The summed E-state index contributed by atoms with van der Waals surface area (Å²) < 4.78 is 26.7. The Morgan fingerprint density at radius 2 is 1.74 bits per heavy atom. The first-order chi connectivity index (χ1) is 18.3. The number of anilines is 1. The molecule has 204 valence electrons. The molecule has 0 saturated carbocycles. The molecule has 2 atom stereocenters. The van der Waals surface area contributed by atoms with Crippen LogP contribution in [0, 0.1) is 17.6 Å². The van der Waals surface area contributed by atoms with Crippen molar-refractivity contribution in [2.75, 3.05) is 44.6 Å². The van der Waals surface area contributed by atoms with Crippen LogP contribution in [0.4, 0.5) is 14.5 Å². The number of nitrogens with one attached hydrogen (secondary N) is 1. The predicted molar refractivity (Wildman–Crippen MR) is 144 cm³/mol. The molecule has 3 N–H and O–H groups in total. The summed E-state index contributed by atoms with van der Waals surface area (Å²) in [6.45, 7) is 3.86. The molecule has 38 heavy (non-hydrogen) atoms. The number of para-hydroxylation sites is 1. The van der Waals surface area contributed by atoms with Gasteiger partial charge < -0.3 is 25.3 Å². The van der Waals surface area contributed by atoms with Gasteiger partial charge in [-0.25, -0.2) is 8.78 Å². The Morgan fingerprint density at radius 3 is 2.45 bits per heavy atom. The van der Waals surface area contributed by atoms with E-state index in [-0.39, 0.29) is 24.3 Å². The van der Waals surface area contributed by atoms with Crippen molar-refractivity contribution in [3.63, 3.8) is 0 Å². The second-order valence-electron chi connectivity index (χ2n) is 11.0. The number of β-amino-alcohol motifs (C(OH)–C–C–N with tert-alkyl or cyclic N) is 1. The maximum absolute atomic E-state index is 13.4. The van der Waals surface area contributed by atoms with Crippen molar-refractivity contribution in [2.45, 2.75) is 49.7 Å². The van der Waals surface area contributed by atoms with Gasteiger partial charge in [0.05, 0.1) is 11.7 Å². The van der Waals surface area contributed by atoms with Crippen LogP contribution in [0.1, 0.15) is 49.1 Å². The fourth-order valence-electron chi connectivity index (χ4n) is 6.33. The highest BCUT2D eigenvalue weighted by Gasteiger charge is 2.41. The monoisotopic (exact) mass is 525 g/mol. The van der Waals surface area contributed by atoms with E-state index in [0.29, 0.717) is 31.5 Å². The van der Waals surface area contributed by atoms with E-state index in [1.54, 1.807) is 4.90 Å². The van der Waals surface area contributed by atoms with E-state index in [9.17, 15) is 23.8 Å². The fraction of sp³-hybridized carbons (Fsp3) is 0.500. The third kappa shape index (κ3) is 6.08. The molecule has 2 fully saturated rings. The van der Waals surface area contributed by atoms with Crippen molar-refractivity contribution in [1.29, 1.82) is 0 Å². The van der Waals surface area contributed by atoms with Gasteiger partial charge in [-0.1, -0.05) is 18.2 Å². The molecule has 0 aliphatic carbocycles. The van der Waals surface area contributed by atoms with Gasteiger partial charge in [-0.3, -0.25) is 4.79 Å². The highest BCUT2D eigenvalue weighted by molar-refractivity contribution is 5.91. The number of hydrogen-bond acceptors (Lipinski definition) is 5. The number of piperidine rings is 2. The molecule has 6 nitrogen and oxygen atoms in total. The number of hydrogen-bond donors (Lipinski definition) is 3. The Balaban J connectivity index is 1.09. The van der Waals surface area contributed by atoms with E-state index in [0.717, 1.165) is 57.1 Å². The van der Waals surface area contributed by atoms with Crippen molar-refractivity contribution in [1.82, 2.24) is 9.80 Å². The lowest BCUT2D eigenvalue weighted by Crippen LogP contribution is -2.56. The summed E-state index contributed by atoms with van der Waals surface area (Å²) in [6, 6.07) is 11.7. The third-order valence-electron chi connectivity index (χ3n) is 8.63. The van der Waals surface area contributed by atoms with Crippen molar-refractivity contribution < 1.29 is 23.8 Å². The zero-order chi connectivity index (χ0) is 26.7. The molecule has 5 rings (SSSR count). The van der Waals surface area contributed by atoms with Gasteiger partial charge in [-0.05, 0) is 92.4 Å². The van der Waals surface area contributed by atoms with Gasteiger partial charge in [0, 0.05) is 44.0 Å². The molecular formula is C30H37F2N3O3. The lowest BCUT2D eigenvalue weighted by Gasteiger charge is -2.44. The number of amides is 1. The summed E-state index contributed by atoms with van der Waals surface area (Å²) in [4.78, 5) is 16.4. The van der Waals surface area contributed by atoms with E-state index in [1.807, 2.05) is 0 Å². The van der Waals surface area contributed by atoms with Crippen molar-refractivity contribution in [3.8, 4) is 0 Å². The molecule has 1 amide bonds. The van der Waals surface area contributed by atoms with Gasteiger partial charge in [0.1, 0.15) is 11.6 Å². The minimum absolute atomic E-state index is 0.271. The molecule has 2 saturated heterocycles. The van der Waals surface area contributed by atoms with Crippen LogP contribution in [0.3, 0.4) is 0 Å². The van der Waals surface area contributed by atoms with Gasteiger partial charge in [-0.2, -0.15) is 0 Å². The first kappa shape index (κ1) is 26.8. The zero-order valence-corrected chi connectivity index (χ0v) is 21.7. The van der Waals surface area contributed by atoms with Gasteiger partial charge in [0.25, 0.3) is 0 Å². The minimum atomic E-state index is -1.24. The van der Waals surface area contributed by atoms with Crippen molar-refractivity contribution in [3.05, 3.63) is 71.3 Å². The van der Waals surface area contributed by atoms with Crippen LogP contribution in [-0.2, 0) is 4.79 Å². The van der Waals surface area contributed by atoms with Crippen LogP contribution in [-0.4, -0.2) is 76.9 Å². The maximum atomic E-state index is 13.4. The first-order valence-corrected chi connectivity index (χ1v) is 13.7. The normalized spacial score (nSPS) is 23.2. The quantitative estimate of drug-likeness (QED) is 0.497. The maximum Gasteiger partial charge on any atom is 0.246 e. The molecule has 0 bridgehead atoms. The molecule has 0 spiro atoms. The van der Waals surface area contributed by atoms with Crippen LogP contribution in [0.15, 0.2) is 48.5 Å².